The minimum absolute atomic E-state index is 0. The van der Waals surface area contributed by atoms with E-state index in [0.717, 1.165) is 7.11 Å². The number of carbonyl (C=O) groups is 2. The van der Waals surface area contributed by atoms with E-state index in [-0.39, 0.29) is 31.1 Å². The Hall–Kier alpha value is -2.91. The molecule has 0 spiro atoms. The number of benzene rings is 1. The van der Waals surface area contributed by atoms with Crippen molar-refractivity contribution in [3.63, 3.8) is 0 Å². The van der Waals surface area contributed by atoms with Gasteiger partial charge in [-0.25, -0.2) is 31.5 Å². The quantitative estimate of drug-likeness (QED) is 0.632. The van der Waals surface area contributed by atoms with Crippen molar-refractivity contribution in [2.24, 2.45) is 0 Å². The van der Waals surface area contributed by atoms with Gasteiger partial charge in [0.2, 0.25) is 0 Å². The molecule has 3 rings (SSSR count). The molecule has 2 aliphatic heterocycles. The van der Waals surface area contributed by atoms with Crippen molar-refractivity contribution in [2.75, 3.05) is 20.4 Å². The van der Waals surface area contributed by atoms with E-state index in [1.165, 1.54) is 0 Å². The van der Waals surface area contributed by atoms with Gasteiger partial charge < -0.3 is 14.8 Å². The number of methoxy groups -OCH3 is 1. The average Bonchev–Trinajstić information content (AvgIpc) is 2.99. The van der Waals surface area contributed by atoms with Crippen molar-refractivity contribution < 1.29 is 42.4 Å². The third-order valence-corrected chi connectivity index (χ3v) is 4.29. The predicted molar refractivity (Wildman–Crippen MR) is 82.3 cm³/mol. The highest BCUT2D eigenvalue weighted by atomic mass is 19.3. The molecule has 27 heavy (non-hydrogen) atoms. The van der Waals surface area contributed by atoms with E-state index < -0.39 is 59.3 Å². The van der Waals surface area contributed by atoms with Crippen LogP contribution in [0, 0.1) is 11.6 Å². The van der Waals surface area contributed by atoms with Gasteiger partial charge in [0.15, 0.2) is 0 Å². The van der Waals surface area contributed by atoms with Crippen molar-refractivity contribution in [3.8, 4) is 0 Å². The molecule has 0 radical (unpaired) electrons. The highest BCUT2D eigenvalue weighted by Gasteiger charge is 2.44. The van der Waals surface area contributed by atoms with Crippen LogP contribution in [-0.4, -0.2) is 32.3 Å². The molecular weight excluding hydrogens is 377 g/mol. The maximum absolute atomic E-state index is 14.1. The van der Waals surface area contributed by atoms with Gasteiger partial charge in [-0.05, 0) is 11.6 Å². The van der Waals surface area contributed by atoms with Crippen LogP contribution in [0.4, 0.5) is 22.0 Å². The van der Waals surface area contributed by atoms with Gasteiger partial charge in [0, 0.05) is 7.49 Å². The first-order valence-electron chi connectivity index (χ1n) is 7.61. The Morgan fingerprint density at radius 2 is 2.11 bits per heavy atom. The molecule has 2 heterocycles. The molecule has 0 fully saturated rings. The van der Waals surface area contributed by atoms with Crippen LogP contribution in [0.1, 0.15) is 24.9 Å². The van der Waals surface area contributed by atoms with Gasteiger partial charge in [0.1, 0.15) is 24.9 Å². The van der Waals surface area contributed by atoms with Crippen molar-refractivity contribution >= 4 is 11.9 Å². The van der Waals surface area contributed by atoms with Crippen molar-refractivity contribution in [2.45, 2.75) is 12.3 Å². The predicted octanol–water partition coefficient (Wildman–Crippen LogP) is 3.04. The summed E-state index contributed by atoms with van der Waals surface area (Å²) in [4.78, 5) is 24.4. The summed E-state index contributed by atoms with van der Waals surface area (Å²) in [5.41, 5.74) is -3.07. The molecule has 5 nitrogen and oxygen atoms in total. The Kier molecular flexibility index (Phi) is 4.90. The van der Waals surface area contributed by atoms with E-state index in [4.69, 9.17) is 4.74 Å². The Balaban J connectivity index is 0.00000280. The van der Waals surface area contributed by atoms with Crippen molar-refractivity contribution in [1.82, 2.24) is 5.32 Å². The molecule has 0 amide bonds. The Morgan fingerprint density at radius 1 is 1.41 bits per heavy atom. The lowest BCUT2D eigenvalue weighted by Gasteiger charge is -2.29. The lowest BCUT2D eigenvalue weighted by Crippen LogP contribution is -2.32. The SMILES string of the molecule is COC(=O)C1=C(CF)NC2=C(C(=O)OC2)[C@H]1c1cc(F)cc(F)c1C(F)F.[HH]. The first-order valence-corrected chi connectivity index (χ1v) is 7.61. The number of nitrogens with one attached hydrogen (secondary N) is 1. The number of hydrogen-bond acceptors (Lipinski definition) is 5. The lowest BCUT2D eigenvalue weighted by atomic mass is 9.78. The van der Waals surface area contributed by atoms with E-state index in [0.29, 0.717) is 6.07 Å². The summed E-state index contributed by atoms with van der Waals surface area (Å²) in [7, 11) is 0.958. The molecule has 2 aliphatic rings. The molecule has 0 saturated carbocycles. The largest absolute Gasteiger partial charge is 0.466 e. The molecule has 0 unspecified atom stereocenters. The van der Waals surface area contributed by atoms with Crippen LogP contribution in [-0.2, 0) is 19.1 Å². The molecule has 146 valence electrons. The molecule has 0 aromatic heterocycles. The van der Waals surface area contributed by atoms with E-state index in [9.17, 15) is 31.5 Å². The minimum atomic E-state index is -3.38. The van der Waals surface area contributed by atoms with E-state index in [1.54, 1.807) is 0 Å². The molecule has 0 aliphatic carbocycles. The van der Waals surface area contributed by atoms with Gasteiger partial charge in [-0.3, -0.25) is 0 Å². The van der Waals surface area contributed by atoms with Crippen LogP contribution in [0.15, 0.2) is 34.7 Å². The molecule has 1 N–H and O–H groups in total. The second kappa shape index (κ2) is 7.01. The Morgan fingerprint density at radius 3 is 2.70 bits per heavy atom. The molecule has 1 atom stereocenters. The number of cyclic esters (lactones) is 1. The molecule has 1 aromatic carbocycles. The molecular formula is C17H14F5NO4. The number of rotatable bonds is 4. The second-order valence-electron chi connectivity index (χ2n) is 5.74. The number of allylic oxidation sites excluding steroid dienone is 1. The minimum Gasteiger partial charge on any atom is -0.466 e. The maximum Gasteiger partial charge on any atom is 0.337 e. The van der Waals surface area contributed by atoms with Crippen LogP contribution in [0.5, 0.6) is 0 Å². The summed E-state index contributed by atoms with van der Waals surface area (Å²) < 4.78 is 77.8. The summed E-state index contributed by atoms with van der Waals surface area (Å²) in [6.45, 7) is -1.57. The van der Waals surface area contributed by atoms with Crippen LogP contribution in [0.2, 0.25) is 0 Å². The smallest absolute Gasteiger partial charge is 0.337 e. The van der Waals surface area contributed by atoms with Gasteiger partial charge >= 0.3 is 11.9 Å². The van der Waals surface area contributed by atoms with E-state index >= 15 is 0 Å². The van der Waals surface area contributed by atoms with Crippen LogP contribution in [0.25, 0.3) is 0 Å². The van der Waals surface area contributed by atoms with E-state index in [2.05, 4.69) is 10.1 Å². The van der Waals surface area contributed by atoms with Crippen LogP contribution < -0.4 is 5.32 Å². The Labute approximate surface area is 150 Å². The third-order valence-electron chi connectivity index (χ3n) is 4.29. The van der Waals surface area contributed by atoms with Gasteiger partial charge in [-0.2, -0.15) is 0 Å². The summed E-state index contributed by atoms with van der Waals surface area (Å²) in [5.74, 6) is -6.56. The number of carbonyl (C=O) groups excluding carboxylic acids is 2. The number of esters is 2. The third kappa shape index (κ3) is 3.04. The van der Waals surface area contributed by atoms with E-state index in [1.807, 2.05) is 0 Å². The number of hydrogen-bond donors (Lipinski definition) is 1. The monoisotopic (exact) mass is 391 g/mol. The number of halogens is 5. The first-order chi connectivity index (χ1) is 12.8. The Bertz CT molecular complexity index is 900. The average molecular weight is 391 g/mol. The summed E-state index contributed by atoms with van der Waals surface area (Å²) in [6.07, 6.45) is -3.38. The van der Waals surface area contributed by atoms with Crippen LogP contribution in [0.3, 0.4) is 0 Å². The van der Waals surface area contributed by atoms with Gasteiger partial charge in [-0.15, -0.1) is 0 Å². The number of ether oxygens (including phenoxy) is 2. The zero-order valence-electron chi connectivity index (χ0n) is 13.7. The fourth-order valence-electron chi connectivity index (χ4n) is 3.22. The molecule has 1 aromatic rings. The summed E-state index contributed by atoms with van der Waals surface area (Å²) in [6, 6.07) is 0.835. The normalized spacial score (nSPS) is 19.2. The lowest BCUT2D eigenvalue weighted by molar-refractivity contribution is -0.136. The summed E-state index contributed by atoms with van der Waals surface area (Å²) in [5, 5.41) is 2.50. The zero-order valence-corrected chi connectivity index (χ0v) is 13.7. The zero-order chi connectivity index (χ0) is 19.9. The standard InChI is InChI=1S/C17H12F5NO4.H2/c1-26-16(24)13-9(4-18)23-10-5-27-17(25)14(10)12(13)7-2-6(19)3-8(20)11(7)15(21)22;/h2-3,12,15,23H,4-5H2,1H3;1H/t12-;/m0./s1. The number of alkyl halides is 3. The van der Waals surface area contributed by atoms with Gasteiger partial charge in [0.05, 0.1) is 41.1 Å². The first kappa shape index (κ1) is 18.9. The fourth-order valence-corrected chi connectivity index (χ4v) is 3.22. The highest BCUT2D eigenvalue weighted by Crippen LogP contribution is 2.45. The molecule has 10 heteroatoms. The second-order valence-corrected chi connectivity index (χ2v) is 5.74. The maximum atomic E-state index is 14.1. The van der Waals surface area contributed by atoms with Gasteiger partial charge in [-0.1, -0.05) is 0 Å². The van der Waals surface area contributed by atoms with Gasteiger partial charge in [0.25, 0.3) is 6.43 Å². The molecule has 0 bridgehead atoms. The van der Waals surface area contributed by atoms with Crippen LogP contribution >= 0.6 is 0 Å². The van der Waals surface area contributed by atoms with Crippen molar-refractivity contribution in [3.05, 3.63) is 57.4 Å². The summed E-state index contributed by atoms with van der Waals surface area (Å²) >= 11 is 0. The fraction of sp³-hybridized carbons (Fsp3) is 0.294. The topological polar surface area (TPSA) is 64.6 Å². The highest BCUT2D eigenvalue weighted by molar-refractivity contribution is 6.01. The molecule has 0 saturated heterocycles. The number of dihydropyridines is 1. The van der Waals surface area contributed by atoms with Crippen molar-refractivity contribution in [1.29, 1.82) is 0 Å².